The van der Waals surface area contributed by atoms with Gasteiger partial charge in [0, 0.05) is 6.54 Å². The highest BCUT2D eigenvalue weighted by Gasteiger charge is 2.11. The van der Waals surface area contributed by atoms with Crippen LogP contribution >= 0.6 is 11.6 Å². The quantitative estimate of drug-likeness (QED) is 0.554. The molecule has 1 aromatic rings. The Hall–Kier alpha value is -1.19. The third kappa shape index (κ3) is 4.92. The fourth-order valence-corrected chi connectivity index (χ4v) is 3.11. The van der Waals surface area contributed by atoms with Crippen LogP contribution in [0.5, 0.6) is 11.5 Å². The van der Waals surface area contributed by atoms with Crippen molar-refractivity contribution in [1.29, 1.82) is 0 Å². The maximum atomic E-state index is 6.26. The lowest BCUT2D eigenvalue weighted by molar-refractivity contribution is 0.310. The van der Waals surface area contributed by atoms with Crippen molar-refractivity contribution < 1.29 is 9.47 Å². The molecule has 0 amide bonds. The van der Waals surface area contributed by atoms with Gasteiger partial charge in [0.1, 0.15) is 0 Å². The van der Waals surface area contributed by atoms with Crippen LogP contribution in [0.25, 0.3) is 0 Å². The Balaban J connectivity index is 1.88. The highest BCUT2D eigenvalue weighted by Crippen LogP contribution is 2.36. The second-order valence-electron chi connectivity index (χ2n) is 5.58. The van der Waals surface area contributed by atoms with Gasteiger partial charge in [0.2, 0.25) is 0 Å². The molecular formula is C18H26ClNO2. The van der Waals surface area contributed by atoms with E-state index in [1.807, 2.05) is 19.1 Å². The van der Waals surface area contributed by atoms with E-state index >= 15 is 0 Å². The molecule has 22 heavy (non-hydrogen) atoms. The molecule has 1 aliphatic rings. The summed E-state index contributed by atoms with van der Waals surface area (Å²) in [5.74, 6) is 1.32. The van der Waals surface area contributed by atoms with Gasteiger partial charge in [-0.25, -0.2) is 0 Å². The number of allylic oxidation sites excluding steroid dienone is 1. The van der Waals surface area contributed by atoms with Gasteiger partial charge in [-0.2, -0.15) is 0 Å². The van der Waals surface area contributed by atoms with Crippen LogP contribution in [0, 0.1) is 0 Å². The molecule has 0 heterocycles. The Bertz CT molecular complexity index is 514. The molecule has 0 spiro atoms. The standard InChI is InChI=1S/C18H26ClNO2/c1-3-22-17-12-15(11-16(19)18(17)21-2)13-20-10-9-14-7-5-4-6-8-14/h7,11-12,20H,3-6,8-10,13H2,1-2H3. The number of halogens is 1. The smallest absolute Gasteiger partial charge is 0.179 e. The van der Waals surface area contributed by atoms with E-state index in [0.29, 0.717) is 23.1 Å². The van der Waals surface area contributed by atoms with E-state index < -0.39 is 0 Å². The number of methoxy groups -OCH3 is 1. The van der Waals surface area contributed by atoms with Gasteiger partial charge in [0.05, 0.1) is 18.7 Å². The van der Waals surface area contributed by atoms with Crippen molar-refractivity contribution in [3.63, 3.8) is 0 Å². The van der Waals surface area contributed by atoms with E-state index in [1.54, 1.807) is 12.7 Å². The maximum absolute atomic E-state index is 6.26. The zero-order valence-electron chi connectivity index (χ0n) is 13.6. The van der Waals surface area contributed by atoms with Crippen molar-refractivity contribution in [2.24, 2.45) is 0 Å². The van der Waals surface area contributed by atoms with Crippen LogP contribution < -0.4 is 14.8 Å². The van der Waals surface area contributed by atoms with Crippen LogP contribution in [-0.2, 0) is 6.54 Å². The van der Waals surface area contributed by atoms with Crippen molar-refractivity contribution in [1.82, 2.24) is 5.32 Å². The first-order valence-corrected chi connectivity index (χ1v) is 8.50. The first kappa shape index (κ1) is 17.2. The molecular weight excluding hydrogens is 298 g/mol. The van der Waals surface area contributed by atoms with Gasteiger partial charge >= 0.3 is 0 Å². The van der Waals surface area contributed by atoms with E-state index in [-0.39, 0.29) is 0 Å². The highest BCUT2D eigenvalue weighted by atomic mass is 35.5. The molecule has 122 valence electrons. The molecule has 0 atom stereocenters. The predicted molar refractivity (Wildman–Crippen MR) is 92.0 cm³/mol. The number of ether oxygens (including phenoxy) is 2. The van der Waals surface area contributed by atoms with Gasteiger partial charge in [-0.15, -0.1) is 0 Å². The molecule has 0 unspecified atom stereocenters. The van der Waals surface area contributed by atoms with Crippen LogP contribution in [0.15, 0.2) is 23.8 Å². The number of hydrogen-bond donors (Lipinski definition) is 1. The molecule has 0 bridgehead atoms. The number of hydrogen-bond acceptors (Lipinski definition) is 3. The van der Waals surface area contributed by atoms with Crippen molar-refractivity contribution >= 4 is 11.6 Å². The predicted octanol–water partition coefficient (Wildman–Crippen LogP) is 4.73. The van der Waals surface area contributed by atoms with E-state index in [1.165, 1.54) is 25.7 Å². The summed E-state index contributed by atoms with van der Waals surface area (Å²) >= 11 is 6.26. The molecule has 0 aliphatic heterocycles. The Kier molecular flexibility index (Phi) is 7.07. The molecule has 1 aliphatic carbocycles. The van der Waals surface area contributed by atoms with Crippen LogP contribution in [-0.4, -0.2) is 20.3 Å². The Morgan fingerprint density at radius 1 is 1.27 bits per heavy atom. The number of nitrogens with one attached hydrogen (secondary N) is 1. The molecule has 0 aromatic heterocycles. The van der Waals surface area contributed by atoms with Gasteiger partial charge in [0.15, 0.2) is 11.5 Å². The van der Waals surface area contributed by atoms with E-state index in [2.05, 4.69) is 11.4 Å². The summed E-state index contributed by atoms with van der Waals surface area (Å²) in [6.45, 7) is 4.34. The summed E-state index contributed by atoms with van der Waals surface area (Å²) < 4.78 is 10.9. The lowest BCUT2D eigenvalue weighted by atomic mass is 9.97. The second kappa shape index (κ2) is 9.06. The largest absolute Gasteiger partial charge is 0.491 e. The maximum Gasteiger partial charge on any atom is 0.179 e. The number of rotatable bonds is 8. The minimum atomic E-state index is 0.595. The Labute approximate surface area is 138 Å². The summed E-state index contributed by atoms with van der Waals surface area (Å²) in [6.07, 6.45) is 8.76. The lowest BCUT2D eigenvalue weighted by Gasteiger charge is -2.15. The summed E-state index contributed by atoms with van der Waals surface area (Å²) in [5, 5.41) is 4.08. The average molecular weight is 324 g/mol. The second-order valence-corrected chi connectivity index (χ2v) is 5.98. The molecule has 4 heteroatoms. The molecule has 1 N–H and O–H groups in total. The molecule has 3 nitrogen and oxygen atoms in total. The minimum absolute atomic E-state index is 0.595. The van der Waals surface area contributed by atoms with Gasteiger partial charge < -0.3 is 14.8 Å². The van der Waals surface area contributed by atoms with Crippen molar-refractivity contribution in [2.45, 2.75) is 45.6 Å². The van der Waals surface area contributed by atoms with Crippen molar-refractivity contribution in [3.8, 4) is 11.5 Å². The van der Waals surface area contributed by atoms with Crippen LogP contribution in [0.1, 0.15) is 44.6 Å². The monoisotopic (exact) mass is 323 g/mol. The van der Waals surface area contributed by atoms with E-state index in [9.17, 15) is 0 Å². The van der Waals surface area contributed by atoms with Crippen molar-refractivity contribution in [2.75, 3.05) is 20.3 Å². The zero-order chi connectivity index (χ0) is 15.8. The minimum Gasteiger partial charge on any atom is -0.491 e. The van der Waals surface area contributed by atoms with Gasteiger partial charge in [-0.05, 0) is 63.3 Å². The molecule has 2 rings (SSSR count). The third-order valence-corrected chi connectivity index (χ3v) is 4.19. The first-order chi connectivity index (χ1) is 10.7. The summed E-state index contributed by atoms with van der Waals surface area (Å²) in [5.41, 5.74) is 2.72. The summed E-state index contributed by atoms with van der Waals surface area (Å²) in [4.78, 5) is 0. The van der Waals surface area contributed by atoms with Crippen molar-refractivity contribution in [3.05, 3.63) is 34.4 Å². The molecule has 0 saturated carbocycles. The fraction of sp³-hybridized carbons (Fsp3) is 0.556. The van der Waals surface area contributed by atoms with E-state index in [0.717, 1.165) is 25.1 Å². The topological polar surface area (TPSA) is 30.5 Å². The van der Waals surface area contributed by atoms with Gasteiger partial charge in [-0.3, -0.25) is 0 Å². The Morgan fingerprint density at radius 2 is 2.14 bits per heavy atom. The van der Waals surface area contributed by atoms with Crippen LogP contribution in [0.4, 0.5) is 0 Å². The molecule has 0 fully saturated rings. The van der Waals surface area contributed by atoms with Crippen LogP contribution in [0.3, 0.4) is 0 Å². The molecule has 1 aromatic carbocycles. The Morgan fingerprint density at radius 3 is 2.82 bits per heavy atom. The lowest BCUT2D eigenvalue weighted by Crippen LogP contribution is -2.16. The summed E-state index contributed by atoms with van der Waals surface area (Å²) in [6, 6.07) is 3.94. The van der Waals surface area contributed by atoms with Crippen LogP contribution in [0.2, 0.25) is 5.02 Å². The highest BCUT2D eigenvalue weighted by molar-refractivity contribution is 6.32. The number of benzene rings is 1. The third-order valence-electron chi connectivity index (χ3n) is 3.91. The average Bonchev–Trinajstić information content (AvgIpc) is 2.53. The van der Waals surface area contributed by atoms with Gasteiger partial charge in [0.25, 0.3) is 0 Å². The normalized spacial score (nSPS) is 14.6. The first-order valence-electron chi connectivity index (χ1n) is 8.12. The van der Waals surface area contributed by atoms with E-state index in [4.69, 9.17) is 21.1 Å². The van der Waals surface area contributed by atoms with Gasteiger partial charge in [-0.1, -0.05) is 23.3 Å². The fourth-order valence-electron chi connectivity index (χ4n) is 2.80. The SMILES string of the molecule is CCOc1cc(CNCCC2=CCCCC2)cc(Cl)c1OC. The summed E-state index contributed by atoms with van der Waals surface area (Å²) in [7, 11) is 1.61. The molecule has 0 radical (unpaired) electrons. The zero-order valence-corrected chi connectivity index (χ0v) is 14.3. The molecule has 0 saturated heterocycles.